The zero-order valence-electron chi connectivity index (χ0n) is 23.0. The second-order valence-electron chi connectivity index (χ2n) is 9.43. The molecule has 0 spiro atoms. The molecule has 12 heteroatoms. The van der Waals surface area contributed by atoms with Crippen molar-refractivity contribution in [2.75, 3.05) is 14.3 Å². The average molecular weight is 614 g/mol. The zero-order chi connectivity index (χ0) is 30.5. The number of hydrogen-bond donors (Lipinski definition) is 2. The summed E-state index contributed by atoms with van der Waals surface area (Å²) in [5.41, 5.74) is 1.96. The van der Waals surface area contributed by atoms with Crippen LogP contribution >= 0.6 is 0 Å². The lowest BCUT2D eigenvalue weighted by atomic mass is 10.1. The molecule has 2 N–H and O–H groups in total. The van der Waals surface area contributed by atoms with Crippen LogP contribution in [0, 0.1) is 6.92 Å². The van der Waals surface area contributed by atoms with Gasteiger partial charge in [-0.3, -0.25) is 9.10 Å². The van der Waals surface area contributed by atoms with Gasteiger partial charge in [-0.2, -0.15) is 0 Å². The number of nitrogens with zero attached hydrogens (tertiary/aromatic N) is 3. The summed E-state index contributed by atoms with van der Waals surface area (Å²) in [7, 11) is -8.04. The fourth-order valence-corrected chi connectivity index (χ4v) is 6.69. The van der Waals surface area contributed by atoms with Gasteiger partial charge in [0.2, 0.25) is 5.95 Å². The van der Waals surface area contributed by atoms with Crippen LogP contribution in [-0.4, -0.2) is 32.7 Å². The predicted octanol–water partition coefficient (Wildman–Crippen LogP) is 5.23. The molecule has 218 valence electrons. The van der Waals surface area contributed by atoms with Gasteiger partial charge >= 0.3 is 0 Å². The standard InChI is InChI=1S/C31H27N5O5S2/c1-23-20-21-32-31(33-23)35-42(38,39)26-18-16-25(17-19-26)34-30(37)28-14-8-9-15-29(28)36(22-24-10-4-2-5-11-24)43(40,41)27-12-6-3-7-13-27/h2-21H,22H2,1H3,(H,34,37)(H,32,33,35). The molecule has 0 aliphatic heterocycles. The largest absolute Gasteiger partial charge is 0.322 e. The van der Waals surface area contributed by atoms with Crippen LogP contribution in [-0.2, 0) is 26.6 Å². The first-order valence-corrected chi connectivity index (χ1v) is 16.0. The van der Waals surface area contributed by atoms with Gasteiger partial charge in [0.1, 0.15) is 0 Å². The van der Waals surface area contributed by atoms with Crippen molar-refractivity contribution in [3.8, 4) is 0 Å². The fraction of sp³-hybridized carbons (Fsp3) is 0.0645. The van der Waals surface area contributed by atoms with Gasteiger partial charge in [-0.1, -0.05) is 60.7 Å². The van der Waals surface area contributed by atoms with Crippen LogP contribution in [0.3, 0.4) is 0 Å². The molecule has 0 bridgehead atoms. The highest BCUT2D eigenvalue weighted by atomic mass is 32.2. The maximum Gasteiger partial charge on any atom is 0.264 e. The summed E-state index contributed by atoms with van der Waals surface area (Å²) < 4.78 is 56.9. The normalized spacial score (nSPS) is 11.5. The second kappa shape index (κ2) is 12.4. The van der Waals surface area contributed by atoms with Crippen molar-refractivity contribution < 1.29 is 21.6 Å². The first-order chi connectivity index (χ1) is 20.6. The van der Waals surface area contributed by atoms with E-state index >= 15 is 0 Å². The fourth-order valence-electron chi connectivity index (χ4n) is 4.24. The Balaban J connectivity index is 1.43. The van der Waals surface area contributed by atoms with Crippen molar-refractivity contribution in [3.05, 3.63) is 138 Å². The number of aryl methyl sites for hydroxylation is 1. The highest BCUT2D eigenvalue weighted by Gasteiger charge is 2.28. The van der Waals surface area contributed by atoms with E-state index in [1.165, 1.54) is 53.0 Å². The Morgan fingerprint density at radius 3 is 2.05 bits per heavy atom. The van der Waals surface area contributed by atoms with Crippen molar-refractivity contribution in [3.63, 3.8) is 0 Å². The molecule has 1 heterocycles. The molecule has 43 heavy (non-hydrogen) atoms. The molecule has 1 aromatic heterocycles. The highest BCUT2D eigenvalue weighted by Crippen LogP contribution is 2.30. The van der Waals surface area contributed by atoms with Crippen LogP contribution in [0.4, 0.5) is 17.3 Å². The molecular formula is C31H27N5O5S2. The Morgan fingerprint density at radius 1 is 0.744 bits per heavy atom. The van der Waals surface area contributed by atoms with Gasteiger partial charge in [0, 0.05) is 17.6 Å². The lowest BCUT2D eigenvalue weighted by Gasteiger charge is -2.26. The van der Waals surface area contributed by atoms with Gasteiger partial charge in [0.15, 0.2) is 0 Å². The SMILES string of the molecule is Cc1ccnc(NS(=O)(=O)c2ccc(NC(=O)c3ccccc3N(Cc3ccccc3)S(=O)(=O)c3ccccc3)cc2)n1. The van der Waals surface area contributed by atoms with E-state index in [0.29, 0.717) is 11.4 Å². The Kier molecular flexibility index (Phi) is 8.51. The summed E-state index contributed by atoms with van der Waals surface area (Å²) >= 11 is 0. The Labute approximate surface area is 250 Å². The van der Waals surface area contributed by atoms with Crippen molar-refractivity contribution in [1.29, 1.82) is 0 Å². The minimum Gasteiger partial charge on any atom is -0.322 e. The van der Waals surface area contributed by atoms with Gasteiger partial charge in [0.25, 0.3) is 26.0 Å². The van der Waals surface area contributed by atoms with E-state index in [4.69, 9.17) is 0 Å². The van der Waals surface area contributed by atoms with Crippen LogP contribution in [0.2, 0.25) is 0 Å². The lowest BCUT2D eigenvalue weighted by Crippen LogP contribution is -2.32. The molecule has 4 aromatic carbocycles. The van der Waals surface area contributed by atoms with Crippen molar-refractivity contribution in [1.82, 2.24) is 9.97 Å². The lowest BCUT2D eigenvalue weighted by molar-refractivity contribution is 0.102. The molecule has 0 unspecified atom stereocenters. The Bertz CT molecular complexity index is 1950. The van der Waals surface area contributed by atoms with Crippen molar-refractivity contribution in [2.24, 2.45) is 0 Å². The molecule has 1 amide bonds. The van der Waals surface area contributed by atoms with E-state index < -0.39 is 26.0 Å². The summed E-state index contributed by atoms with van der Waals surface area (Å²) in [6.45, 7) is 1.71. The van der Waals surface area contributed by atoms with Gasteiger partial charge in [-0.15, -0.1) is 0 Å². The number of anilines is 3. The summed E-state index contributed by atoms with van der Waals surface area (Å²) in [6, 6.07) is 30.7. The minimum atomic E-state index is -4.06. The maximum absolute atomic E-state index is 13.9. The molecule has 0 fully saturated rings. The average Bonchev–Trinajstić information content (AvgIpc) is 3.01. The molecule has 0 atom stereocenters. The van der Waals surface area contributed by atoms with Crippen LogP contribution in [0.25, 0.3) is 0 Å². The van der Waals surface area contributed by atoms with Crippen LogP contribution in [0.1, 0.15) is 21.6 Å². The minimum absolute atomic E-state index is 0.00737. The number of carbonyl (C=O) groups is 1. The quantitative estimate of drug-likeness (QED) is 0.220. The second-order valence-corrected chi connectivity index (χ2v) is 13.0. The molecule has 0 radical (unpaired) electrons. The van der Waals surface area contributed by atoms with Gasteiger partial charge in [-0.05, 0) is 67.1 Å². The third-order valence-corrected chi connectivity index (χ3v) is 9.48. The number of nitrogens with one attached hydrogen (secondary N) is 2. The van der Waals surface area contributed by atoms with E-state index in [1.807, 2.05) is 30.3 Å². The summed E-state index contributed by atoms with van der Waals surface area (Å²) in [5.74, 6) is -0.627. The molecular weight excluding hydrogens is 587 g/mol. The number of carbonyl (C=O) groups excluding carboxylic acids is 1. The summed E-state index contributed by atoms with van der Waals surface area (Å²) in [5, 5.41) is 2.74. The number of rotatable bonds is 10. The van der Waals surface area contributed by atoms with E-state index in [1.54, 1.807) is 49.4 Å². The molecule has 0 saturated heterocycles. The molecule has 0 aliphatic rings. The molecule has 0 saturated carbocycles. The number of benzene rings is 4. The molecule has 5 aromatic rings. The third kappa shape index (κ3) is 6.88. The van der Waals surface area contributed by atoms with Gasteiger partial charge in [-0.25, -0.2) is 31.5 Å². The monoisotopic (exact) mass is 613 g/mol. The first kappa shape index (κ1) is 29.4. The number of aromatic nitrogens is 2. The molecule has 10 nitrogen and oxygen atoms in total. The van der Waals surface area contributed by atoms with Gasteiger partial charge < -0.3 is 5.32 Å². The smallest absolute Gasteiger partial charge is 0.264 e. The van der Waals surface area contributed by atoms with E-state index in [0.717, 1.165) is 5.56 Å². The van der Waals surface area contributed by atoms with Crippen molar-refractivity contribution >= 4 is 43.3 Å². The Morgan fingerprint density at radius 2 is 1.37 bits per heavy atom. The summed E-state index contributed by atoms with van der Waals surface area (Å²) in [4.78, 5) is 21.5. The summed E-state index contributed by atoms with van der Waals surface area (Å²) in [6.07, 6.45) is 1.45. The first-order valence-electron chi connectivity index (χ1n) is 13.1. The number of para-hydroxylation sites is 1. The van der Waals surface area contributed by atoms with E-state index in [2.05, 4.69) is 20.0 Å². The molecule has 0 aliphatic carbocycles. The van der Waals surface area contributed by atoms with Crippen LogP contribution < -0.4 is 14.3 Å². The predicted molar refractivity (Wildman–Crippen MR) is 165 cm³/mol. The number of hydrogen-bond acceptors (Lipinski definition) is 7. The van der Waals surface area contributed by atoms with E-state index in [9.17, 15) is 21.6 Å². The van der Waals surface area contributed by atoms with Crippen molar-refractivity contribution in [2.45, 2.75) is 23.3 Å². The number of sulfonamides is 2. The topological polar surface area (TPSA) is 138 Å². The van der Waals surface area contributed by atoms with E-state index in [-0.39, 0.29) is 33.5 Å². The van der Waals surface area contributed by atoms with Gasteiger partial charge in [0.05, 0.1) is 27.6 Å². The maximum atomic E-state index is 13.9. The third-order valence-electron chi connectivity index (χ3n) is 6.36. The number of amides is 1. The Hall–Kier alpha value is -5.07. The molecule has 5 rings (SSSR count). The van der Waals surface area contributed by atoms with Crippen LogP contribution in [0.5, 0.6) is 0 Å². The zero-order valence-corrected chi connectivity index (χ0v) is 24.6. The highest BCUT2D eigenvalue weighted by molar-refractivity contribution is 7.93. The van der Waals surface area contributed by atoms with Crippen LogP contribution in [0.15, 0.2) is 131 Å².